The molecule has 2 aromatic carbocycles. The Morgan fingerprint density at radius 1 is 0.870 bits per heavy atom. The maximum atomic E-state index is 12.0. The Hall–Kier alpha value is -3.08. The number of aromatic hydroxyl groups is 1. The molecule has 0 fully saturated rings. The number of aromatic amines is 1. The monoisotopic (exact) mass is 308 g/mol. The van der Waals surface area contributed by atoms with Gasteiger partial charge in [0, 0.05) is 0 Å². The topological polar surface area (TPSA) is 75.1 Å². The first-order chi connectivity index (χ1) is 11.2. The van der Waals surface area contributed by atoms with Crippen LogP contribution < -0.4 is 11.2 Å². The second kappa shape index (κ2) is 6.36. The Labute approximate surface area is 132 Å². The fourth-order valence-corrected chi connectivity index (χ4v) is 2.52. The SMILES string of the molecule is O=c1[nH]c(=O)n(-c2ccccc2)c(O)c1CCc1ccccc1. The lowest BCUT2D eigenvalue weighted by Crippen LogP contribution is -2.31. The predicted octanol–water partition coefficient (Wildman–Crippen LogP) is 2.02. The first-order valence-electron chi connectivity index (χ1n) is 7.33. The first-order valence-corrected chi connectivity index (χ1v) is 7.33. The highest BCUT2D eigenvalue weighted by molar-refractivity contribution is 5.38. The molecule has 116 valence electrons. The molecule has 0 unspecified atom stereocenters. The van der Waals surface area contributed by atoms with Crippen LogP contribution in [0, 0.1) is 0 Å². The molecule has 0 spiro atoms. The minimum Gasteiger partial charge on any atom is -0.494 e. The van der Waals surface area contributed by atoms with Crippen LogP contribution in [0.15, 0.2) is 70.3 Å². The minimum absolute atomic E-state index is 0.206. The van der Waals surface area contributed by atoms with Crippen molar-refractivity contribution in [2.24, 2.45) is 0 Å². The van der Waals surface area contributed by atoms with E-state index in [1.165, 1.54) is 0 Å². The number of aryl methyl sites for hydroxylation is 1. The molecule has 0 bridgehead atoms. The minimum atomic E-state index is -0.651. The molecule has 23 heavy (non-hydrogen) atoms. The Morgan fingerprint density at radius 3 is 2.13 bits per heavy atom. The Bertz CT molecular complexity index is 912. The van der Waals surface area contributed by atoms with Gasteiger partial charge >= 0.3 is 5.69 Å². The van der Waals surface area contributed by atoms with Crippen molar-refractivity contribution in [3.8, 4) is 11.6 Å². The average Bonchev–Trinajstić information content (AvgIpc) is 2.56. The molecule has 0 saturated carbocycles. The number of benzene rings is 2. The highest BCUT2D eigenvalue weighted by Crippen LogP contribution is 2.17. The molecule has 0 aliphatic heterocycles. The third-order valence-electron chi connectivity index (χ3n) is 3.70. The smallest absolute Gasteiger partial charge is 0.335 e. The second-order valence-electron chi connectivity index (χ2n) is 5.22. The molecule has 3 aromatic rings. The highest BCUT2D eigenvalue weighted by Gasteiger charge is 2.15. The van der Waals surface area contributed by atoms with Crippen LogP contribution in [0.3, 0.4) is 0 Å². The predicted molar refractivity (Wildman–Crippen MR) is 88.2 cm³/mol. The van der Waals surface area contributed by atoms with E-state index >= 15 is 0 Å². The van der Waals surface area contributed by atoms with Crippen molar-refractivity contribution in [2.45, 2.75) is 12.8 Å². The number of para-hydroxylation sites is 1. The number of aromatic nitrogens is 2. The van der Waals surface area contributed by atoms with Crippen molar-refractivity contribution in [3.05, 3.63) is 92.6 Å². The fourth-order valence-electron chi connectivity index (χ4n) is 2.52. The summed E-state index contributed by atoms with van der Waals surface area (Å²) in [5, 5.41) is 10.4. The van der Waals surface area contributed by atoms with Crippen LogP contribution in [-0.4, -0.2) is 14.7 Å². The Balaban J connectivity index is 2.01. The van der Waals surface area contributed by atoms with Gasteiger partial charge in [0.1, 0.15) is 0 Å². The molecule has 0 aliphatic carbocycles. The van der Waals surface area contributed by atoms with Gasteiger partial charge in [-0.15, -0.1) is 0 Å². The number of H-pyrrole nitrogens is 1. The molecule has 0 radical (unpaired) electrons. The molecule has 0 saturated heterocycles. The van der Waals surface area contributed by atoms with Gasteiger partial charge in [-0.3, -0.25) is 9.78 Å². The van der Waals surface area contributed by atoms with Gasteiger partial charge < -0.3 is 5.11 Å². The molecule has 3 rings (SSSR count). The van der Waals surface area contributed by atoms with Gasteiger partial charge in [0.05, 0.1) is 11.3 Å². The zero-order valence-corrected chi connectivity index (χ0v) is 12.4. The molecule has 5 nitrogen and oxygen atoms in total. The molecule has 5 heteroatoms. The van der Waals surface area contributed by atoms with E-state index in [0.717, 1.165) is 10.1 Å². The van der Waals surface area contributed by atoms with E-state index in [9.17, 15) is 14.7 Å². The van der Waals surface area contributed by atoms with Crippen LogP contribution in [0.1, 0.15) is 11.1 Å². The summed E-state index contributed by atoms with van der Waals surface area (Å²) >= 11 is 0. The summed E-state index contributed by atoms with van der Waals surface area (Å²) < 4.78 is 1.11. The van der Waals surface area contributed by atoms with E-state index in [1.54, 1.807) is 24.3 Å². The van der Waals surface area contributed by atoms with Crippen LogP contribution in [0.4, 0.5) is 0 Å². The van der Waals surface area contributed by atoms with Gasteiger partial charge in [-0.1, -0.05) is 48.5 Å². The lowest BCUT2D eigenvalue weighted by molar-refractivity contribution is 0.422. The first kappa shape index (κ1) is 14.8. The summed E-state index contributed by atoms with van der Waals surface area (Å²) in [6, 6.07) is 18.4. The van der Waals surface area contributed by atoms with E-state index in [1.807, 2.05) is 36.4 Å². The third-order valence-corrected chi connectivity index (χ3v) is 3.70. The summed E-state index contributed by atoms with van der Waals surface area (Å²) in [5.74, 6) is -0.305. The van der Waals surface area contributed by atoms with Crippen LogP contribution in [0.5, 0.6) is 5.88 Å². The molecule has 0 amide bonds. The molecular formula is C18H16N2O3. The van der Waals surface area contributed by atoms with Crippen molar-refractivity contribution in [2.75, 3.05) is 0 Å². The molecule has 0 aliphatic rings. The van der Waals surface area contributed by atoms with Gasteiger partial charge in [-0.2, -0.15) is 0 Å². The summed E-state index contributed by atoms with van der Waals surface area (Å²) in [4.78, 5) is 26.3. The maximum absolute atomic E-state index is 12.0. The van der Waals surface area contributed by atoms with Crippen LogP contribution in [0.2, 0.25) is 0 Å². The van der Waals surface area contributed by atoms with E-state index in [-0.39, 0.29) is 11.4 Å². The lowest BCUT2D eigenvalue weighted by Gasteiger charge is -2.11. The van der Waals surface area contributed by atoms with Crippen molar-refractivity contribution >= 4 is 0 Å². The van der Waals surface area contributed by atoms with Gasteiger partial charge in [0.25, 0.3) is 5.56 Å². The van der Waals surface area contributed by atoms with Crippen LogP contribution in [0.25, 0.3) is 5.69 Å². The third kappa shape index (κ3) is 3.08. The van der Waals surface area contributed by atoms with E-state index in [2.05, 4.69) is 4.98 Å². The number of hydrogen-bond donors (Lipinski definition) is 2. The summed E-state index contributed by atoms with van der Waals surface area (Å²) in [7, 11) is 0. The summed E-state index contributed by atoms with van der Waals surface area (Å²) in [6.45, 7) is 0. The molecule has 2 N–H and O–H groups in total. The zero-order valence-electron chi connectivity index (χ0n) is 12.4. The van der Waals surface area contributed by atoms with Crippen LogP contribution >= 0.6 is 0 Å². The summed E-state index contributed by atoms with van der Waals surface area (Å²) in [5.41, 5.74) is 0.575. The molecule has 1 aromatic heterocycles. The summed E-state index contributed by atoms with van der Waals surface area (Å²) in [6.07, 6.45) is 0.947. The van der Waals surface area contributed by atoms with Crippen LogP contribution in [-0.2, 0) is 12.8 Å². The van der Waals surface area contributed by atoms with Crippen molar-refractivity contribution in [1.29, 1.82) is 0 Å². The number of hydrogen-bond acceptors (Lipinski definition) is 3. The number of nitrogens with zero attached hydrogens (tertiary/aromatic N) is 1. The van der Waals surface area contributed by atoms with Crippen molar-refractivity contribution in [3.63, 3.8) is 0 Å². The lowest BCUT2D eigenvalue weighted by atomic mass is 10.1. The number of nitrogens with one attached hydrogen (secondary N) is 1. The van der Waals surface area contributed by atoms with Crippen molar-refractivity contribution < 1.29 is 5.11 Å². The van der Waals surface area contributed by atoms with E-state index in [4.69, 9.17) is 0 Å². The quantitative estimate of drug-likeness (QED) is 0.774. The fraction of sp³-hybridized carbons (Fsp3) is 0.111. The Morgan fingerprint density at radius 2 is 1.48 bits per heavy atom. The van der Waals surface area contributed by atoms with E-state index < -0.39 is 11.2 Å². The normalized spacial score (nSPS) is 10.6. The molecular weight excluding hydrogens is 292 g/mol. The standard InChI is InChI=1S/C18H16N2O3/c21-16-15(12-11-13-7-3-1-4-8-13)17(22)20(18(23)19-16)14-9-5-2-6-10-14/h1-10,22H,11-12H2,(H,19,21,23). The average molecular weight is 308 g/mol. The van der Waals surface area contributed by atoms with Gasteiger partial charge in [-0.25, -0.2) is 9.36 Å². The van der Waals surface area contributed by atoms with Crippen molar-refractivity contribution in [1.82, 2.24) is 9.55 Å². The molecule has 1 heterocycles. The maximum Gasteiger partial charge on any atom is 0.335 e. The second-order valence-corrected chi connectivity index (χ2v) is 5.22. The van der Waals surface area contributed by atoms with E-state index in [0.29, 0.717) is 18.5 Å². The number of rotatable bonds is 4. The van der Waals surface area contributed by atoms with Gasteiger partial charge in [0.15, 0.2) is 0 Å². The van der Waals surface area contributed by atoms with Gasteiger partial charge in [0.2, 0.25) is 5.88 Å². The highest BCUT2D eigenvalue weighted by atomic mass is 16.3. The largest absolute Gasteiger partial charge is 0.494 e. The van der Waals surface area contributed by atoms with Gasteiger partial charge in [-0.05, 0) is 30.5 Å². The zero-order chi connectivity index (χ0) is 16.2. The Kier molecular flexibility index (Phi) is 4.10. The molecule has 0 atom stereocenters.